The molecule has 2 amide bonds. The highest BCUT2D eigenvalue weighted by molar-refractivity contribution is 7.90. The number of nitrogens with zero attached hydrogens (tertiary/aromatic N) is 3. The topological polar surface area (TPSA) is 90.0 Å². The Morgan fingerprint density at radius 3 is 2.24 bits per heavy atom. The molecular weight excluding hydrogens is 488 g/mol. The highest BCUT2D eigenvalue weighted by Crippen LogP contribution is 2.26. The van der Waals surface area contributed by atoms with Crippen LogP contribution in [0.15, 0.2) is 42.5 Å². The molecule has 0 fully saturated rings. The number of anilines is 1. The zero-order chi connectivity index (χ0) is 27.8. The Balaban J connectivity index is 2.52. The summed E-state index contributed by atoms with van der Waals surface area (Å²) in [4.78, 5) is 28.6. The molecule has 0 heterocycles. The smallest absolute Gasteiger partial charge is 0.304 e. The Hall–Kier alpha value is -2.91. The molecule has 0 saturated carbocycles. The summed E-state index contributed by atoms with van der Waals surface area (Å²) in [5, 5.41) is 2.94. The molecule has 2 aromatic rings. The quantitative estimate of drug-likeness (QED) is 0.397. The van der Waals surface area contributed by atoms with E-state index in [1.165, 1.54) is 19.0 Å². The Kier molecular flexibility index (Phi) is 11.1. The number of hydrogen-bond acceptors (Lipinski definition) is 4. The van der Waals surface area contributed by atoms with E-state index in [0.717, 1.165) is 43.7 Å². The fourth-order valence-electron chi connectivity index (χ4n) is 4.12. The second-order valence-corrected chi connectivity index (χ2v) is 11.7. The van der Waals surface area contributed by atoms with E-state index in [-0.39, 0.29) is 12.5 Å². The van der Waals surface area contributed by atoms with Crippen LogP contribution in [0.1, 0.15) is 55.4 Å². The van der Waals surface area contributed by atoms with E-state index in [0.29, 0.717) is 18.7 Å². The molecule has 0 spiro atoms. The highest BCUT2D eigenvalue weighted by atomic mass is 32.2. The van der Waals surface area contributed by atoms with Gasteiger partial charge in [-0.25, -0.2) is 4.31 Å². The van der Waals surface area contributed by atoms with Crippen LogP contribution in [0, 0.1) is 20.8 Å². The summed E-state index contributed by atoms with van der Waals surface area (Å²) < 4.78 is 29.1. The predicted octanol–water partition coefficient (Wildman–Crippen LogP) is 3.95. The standard InChI is InChI=1S/C28H42N4O4S/c1-8-10-16-29-28(34)25(9-2)31(19-24-13-11-12-21(3)17-24)27(33)20-32(37(35,36)30(6)7)26-18-22(4)14-15-23(26)5/h11-15,17-18,25H,8-10,16,19-20H2,1-7H3,(H,29,34)/t25-/m0/s1. The third-order valence-corrected chi connectivity index (χ3v) is 8.11. The minimum absolute atomic E-state index is 0.197. The number of rotatable bonds is 13. The number of nitrogens with one attached hydrogen (secondary N) is 1. The summed E-state index contributed by atoms with van der Waals surface area (Å²) >= 11 is 0. The number of carbonyl (C=O) groups excluding carboxylic acids is 2. The first kappa shape index (κ1) is 30.3. The first-order chi connectivity index (χ1) is 17.4. The van der Waals surface area contributed by atoms with E-state index in [1.807, 2.05) is 71.0 Å². The lowest BCUT2D eigenvalue weighted by molar-refractivity contribution is -0.140. The van der Waals surface area contributed by atoms with E-state index in [1.54, 1.807) is 6.07 Å². The molecule has 0 unspecified atom stereocenters. The fraction of sp³-hybridized carbons (Fsp3) is 0.500. The third kappa shape index (κ3) is 8.04. The summed E-state index contributed by atoms with van der Waals surface area (Å²) in [7, 11) is -1.11. The molecule has 2 aromatic carbocycles. The summed E-state index contributed by atoms with van der Waals surface area (Å²) in [5.74, 6) is -0.670. The molecule has 37 heavy (non-hydrogen) atoms. The van der Waals surface area contributed by atoms with Gasteiger partial charge in [-0.05, 0) is 56.4 Å². The maximum absolute atomic E-state index is 13.9. The Morgan fingerprint density at radius 2 is 1.65 bits per heavy atom. The molecule has 0 aliphatic heterocycles. The number of benzene rings is 2. The molecule has 9 heteroatoms. The van der Waals surface area contributed by atoms with E-state index >= 15 is 0 Å². The highest BCUT2D eigenvalue weighted by Gasteiger charge is 2.34. The SMILES string of the molecule is CCCCNC(=O)[C@H](CC)N(Cc1cccc(C)c1)C(=O)CN(c1cc(C)ccc1C)S(=O)(=O)N(C)C. The van der Waals surface area contributed by atoms with Crippen molar-refractivity contribution in [2.75, 3.05) is 31.5 Å². The van der Waals surface area contributed by atoms with Gasteiger partial charge in [0.2, 0.25) is 11.8 Å². The lowest BCUT2D eigenvalue weighted by Gasteiger charge is -2.34. The summed E-state index contributed by atoms with van der Waals surface area (Å²) in [5.41, 5.74) is 3.97. The van der Waals surface area contributed by atoms with Gasteiger partial charge in [-0.15, -0.1) is 0 Å². The molecule has 2 rings (SSSR count). The summed E-state index contributed by atoms with van der Waals surface area (Å²) in [6.07, 6.45) is 2.19. The van der Waals surface area contributed by atoms with Gasteiger partial charge in [-0.2, -0.15) is 12.7 Å². The Bertz CT molecular complexity index is 1180. The predicted molar refractivity (Wildman–Crippen MR) is 150 cm³/mol. The third-order valence-electron chi connectivity index (χ3n) is 6.30. The van der Waals surface area contributed by atoms with Gasteiger partial charge >= 0.3 is 10.2 Å². The van der Waals surface area contributed by atoms with Crippen molar-refractivity contribution >= 4 is 27.7 Å². The average Bonchev–Trinajstić information content (AvgIpc) is 2.84. The lowest BCUT2D eigenvalue weighted by atomic mass is 10.1. The first-order valence-electron chi connectivity index (χ1n) is 12.8. The van der Waals surface area contributed by atoms with Crippen LogP contribution in [0.5, 0.6) is 0 Å². The lowest BCUT2D eigenvalue weighted by Crippen LogP contribution is -2.53. The zero-order valence-corrected chi connectivity index (χ0v) is 24.1. The van der Waals surface area contributed by atoms with Crippen molar-refractivity contribution in [3.63, 3.8) is 0 Å². The molecular formula is C28H42N4O4S. The Morgan fingerprint density at radius 1 is 0.973 bits per heavy atom. The van der Waals surface area contributed by atoms with Crippen LogP contribution in [0.3, 0.4) is 0 Å². The van der Waals surface area contributed by atoms with E-state index in [4.69, 9.17) is 0 Å². The molecule has 1 N–H and O–H groups in total. The van der Waals surface area contributed by atoms with Gasteiger partial charge in [0.25, 0.3) is 0 Å². The van der Waals surface area contributed by atoms with Crippen molar-refractivity contribution in [2.45, 2.75) is 66.5 Å². The van der Waals surface area contributed by atoms with E-state index < -0.39 is 28.7 Å². The number of hydrogen-bond donors (Lipinski definition) is 1. The normalized spacial score (nSPS) is 12.3. The van der Waals surface area contributed by atoms with Crippen LogP contribution in [-0.4, -0.2) is 62.7 Å². The molecule has 0 aliphatic rings. The van der Waals surface area contributed by atoms with Gasteiger partial charge in [0.1, 0.15) is 12.6 Å². The van der Waals surface area contributed by atoms with Crippen LogP contribution in [0.25, 0.3) is 0 Å². The number of aryl methyl sites for hydroxylation is 3. The molecule has 0 bridgehead atoms. The molecule has 0 aliphatic carbocycles. The van der Waals surface area contributed by atoms with E-state index in [9.17, 15) is 18.0 Å². The second kappa shape index (κ2) is 13.6. The maximum Gasteiger partial charge on any atom is 0.304 e. The minimum atomic E-state index is -3.99. The van der Waals surface area contributed by atoms with Crippen molar-refractivity contribution in [1.29, 1.82) is 0 Å². The van der Waals surface area contributed by atoms with Crippen LogP contribution < -0.4 is 9.62 Å². The Labute approximate surface area is 222 Å². The van der Waals surface area contributed by atoms with Gasteiger partial charge in [-0.1, -0.05) is 62.2 Å². The molecule has 8 nitrogen and oxygen atoms in total. The molecule has 204 valence electrons. The van der Waals surface area contributed by atoms with Crippen LogP contribution in [0.2, 0.25) is 0 Å². The van der Waals surface area contributed by atoms with Gasteiger partial charge in [0.05, 0.1) is 5.69 Å². The first-order valence-corrected chi connectivity index (χ1v) is 14.2. The monoisotopic (exact) mass is 530 g/mol. The minimum Gasteiger partial charge on any atom is -0.354 e. The van der Waals surface area contributed by atoms with E-state index in [2.05, 4.69) is 5.32 Å². The van der Waals surface area contributed by atoms with Gasteiger partial charge in [-0.3, -0.25) is 9.59 Å². The van der Waals surface area contributed by atoms with Crippen LogP contribution >= 0.6 is 0 Å². The van der Waals surface area contributed by atoms with Gasteiger partial charge in [0, 0.05) is 27.2 Å². The van der Waals surface area contributed by atoms with Crippen LogP contribution in [0.4, 0.5) is 5.69 Å². The number of unbranched alkanes of at least 4 members (excludes halogenated alkanes) is 1. The molecule has 0 aromatic heterocycles. The number of carbonyl (C=O) groups is 2. The van der Waals surface area contributed by atoms with Crippen molar-refractivity contribution in [2.24, 2.45) is 0 Å². The van der Waals surface area contributed by atoms with Gasteiger partial charge in [0.15, 0.2) is 0 Å². The maximum atomic E-state index is 13.9. The van der Waals surface area contributed by atoms with Crippen molar-refractivity contribution in [3.8, 4) is 0 Å². The van der Waals surface area contributed by atoms with Crippen molar-refractivity contribution in [1.82, 2.24) is 14.5 Å². The van der Waals surface area contributed by atoms with Crippen molar-refractivity contribution < 1.29 is 18.0 Å². The zero-order valence-electron chi connectivity index (χ0n) is 23.2. The number of amides is 2. The molecule has 0 radical (unpaired) electrons. The largest absolute Gasteiger partial charge is 0.354 e. The second-order valence-electron chi connectivity index (χ2n) is 9.67. The molecule has 0 saturated heterocycles. The summed E-state index contributed by atoms with van der Waals surface area (Å²) in [6.45, 7) is 9.88. The summed E-state index contributed by atoms with van der Waals surface area (Å²) in [6, 6.07) is 12.5. The average molecular weight is 531 g/mol. The van der Waals surface area contributed by atoms with Crippen molar-refractivity contribution in [3.05, 3.63) is 64.7 Å². The molecule has 1 atom stereocenters. The van der Waals surface area contributed by atoms with Gasteiger partial charge < -0.3 is 10.2 Å². The van der Waals surface area contributed by atoms with Crippen LogP contribution in [-0.2, 0) is 26.3 Å². The fourth-order valence-corrected chi connectivity index (χ4v) is 5.24.